The molecule has 0 bridgehead atoms. The van der Waals surface area contributed by atoms with Gasteiger partial charge in [0.1, 0.15) is 11.5 Å². The SMILES string of the molecule is CCc1nnc(S/C(=C\c2ccc(-c3ccc([N+](=O)[O-])cc3)o2)C(=O)[O-])o1. The predicted molar refractivity (Wildman–Crippen MR) is 93.3 cm³/mol. The first-order valence-electron chi connectivity index (χ1n) is 7.74. The van der Waals surface area contributed by atoms with E-state index in [9.17, 15) is 20.0 Å². The molecule has 0 spiro atoms. The second-order valence-corrected chi connectivity index (χ2v) is 6.21. The molecule has 0 amide bonds. The van der Waals surface area contributed by atoms with Gasteiger partial charge in [0, 0.05) is 29.0 Å². The zero-order chi connectivity index (χ0) is 19.4. The highest BCUT2D eigenvalue weighted by Crippen LogP contribution is 2.29. The largest absolute Gasteiger partial charge is 0.544 e. The number of rotatable bonds is 7. The minimum Gasteiger partial charge on any atom is -0.544 e. The lowest BCUT2D eigenvalue weighted by Gasteiger charge is -2.04. The molecule has 10 heteroatoms. The van der Waals surface area contributed by atoms with Crippen molar-refractivity contribution in [2.24, 2.45) is 0 Å². The standard InChI is InChI=1S/C17H13N3O6S/c1-2-15-18-19-17(26-15)27-14(16(21)22)9-12-7-8-13(25-12)10-3-5-11(6-4-10)20(23)24/h3-9H,2H2,1H3,(H,21,22)/p-1/b14-9-. The summed E-state index contributed by atoms with van der Waals surface area (Å²) in [6.45, 7) is 1.83. The summed E-state index contributed by atoms with van der Waals surface area (Å²) >= 11 is 0.762. The third-order valence-corrected chi connectivity index (χ3v) is 4.26. The highest BCUT2D eigenvalue weighted by Gasteiger charge is 2.12. The number of aromatic nitrogens is 2. The normalized spacial score (nSPS) is 11.5. The Morgan fingerprint density at radius 2 is 1.93 bits per heavy atom. The van der Waals surface area contributed by atoms with Gasteiger partial charge in [-0.25, -0.2) is 0 Å². The van der Waals surface area contributed by atoms with Gasteiger partial charge in [-0.05, 0) is 42.1 Å². The van der Waals surface area contributed by atoms with E-state index in [1.807, 2.05) is 6.92 Å². The van der Waals surface area contributed by atoms with Gasteiger partial charge in [-0.2, -0.15) is 0 Å². The van der Waals surface area contributed by atoms with Crippen LogP contribution in [0.5, 0.6) is 0 Å². The lowest BCUT2D eigenvalue weighted by Crippen LogP contribution is -2.22. The molecule has 0 N–H and O–H groups in total. The van der Waals surface area contributed by atoms with Crippen LogP contribution in [0.25, 0.3) is 17.4 Å². The van der Waals surface area contributed by atoms with Crippen molar-refractivity contribution in [3.63, 3.8) is 0 Å². The number of non-ortho nitro benzene ring substituents is 1. The average molecular weight is 386 g/mol. The number of furan rings is 1. The molecule has 0 unspecified atom stereocenters. The zero-order valence-electron chi connectivity index (χ0n) is 13.9. The molecule has 2 heterocycles. The average Bonchev–Trinajstić information content (AvgIpc) is 3.30. The topological polar surface area (TPSA) is 135 Å². The van der Waals surface area contributed by atoms with E-state index in [1.165, 1.54) is 18.2 Å². The van der Waals surface area contributed by atoms with Crippen LogP contribution in [0.4, 0.5) is 5.69 Å². The number of hydrogen-bond acceptors (Lipinski definition) is 9. The van der Waals surface area contributed by atoms with Crippen LogP contribution in [0, 0.1) is 10.1 Å². The highest BCUT2D eigenvalue weighted by molar-refractivity contribution is 8.03. The second kappa shape index (κ2) is 7.87. The summed E-state index contributed by atoms with van der Waals surface area (Å²) in [4.78, 5) is 21.4. The Labute approximate surface area is 156 Å². The third-order valence-electron chi connectivity index (χ3n) is 3.41. The summed E-state index contributed by atoms with van der Waals surface area (Å²) in [6, 6.07) is 9.01. The van der Waals surface area contributed by atoms with Gasteiger partial charge in [0.05, 0.1) is 10.9 Å². The minimum absolute atomic E-state index is 0.0351. The maximum atomic E-state index is 11.4. The Bertz CT molecular complexity index is 1010. The number of hydrogen-bond donors (Lipinski definition) is 0. The smallest absolute Gasteiger partial charge is 0.281 e. The van der Waals surface area contributed by atoms with Crippen LogP contribution in [0.15, 0.2) is 55.4 Å². The van der Waals surface area contributed by atoms with E-state index in [0.29, 0.717) is 23.6 Å². The van der Waals surface area contributed by atoms with E-state index < -0.39 is 10.9 Å². The highest BCUT2D eigenvalue weighted by atomic mass is 32.2. The van der Waals surface area contributed by atoms with Crippen molar-refractivity contribution >= 4 is 29.5 Å². The number of benzene rings is 1. The van der Waals surface area contributed by atoms with Gasteiger partial charge in [-0.3, -0.25) is 10.1 Å². The second-order valence-electron chi connectivity index (χ2n) is 5.22. The lowest BCUT2D eigenvalue weighted by atomic mass is 10.1. The van der Waals surface area contributed by atoms with Crippen molar-refractivity contribution in [2.45, 2.75) is 18.6 Å². The van der Waals surface area contributed by atoms with Gasteiger partial charge in [-0.1, -0.05) is 6.92 Å². The number of carbonyl (C=O) groups excluding carboxylic acids is 1. The summed E-state index contributed by atoms with van der Waals surface area (Å²) in [6.07, 6.45) is 1.82. The van der Waals surface area contributed by atoms with E-state index in [2.05, 4.69) is 10.2 Å². The Kier molecular flexibility index (Phi) is 5.36. The van der Waals surface area contributed by atoms with Crippen molar-refractivity contribution in [3.05, 3.63) is 63.1 Å². The van der Waals surface area contributed by atoms with Crippen LogP contribution in [0.2, 0.25) is 0 Å². The molecule has 0 aliphatic rings. The molecule has 138 valence electrons. The molecule has 0 saturated heterocycles. The van der Waals surface area contributed by atoms with E-state index >= 15 is 0 Å². The van der Waals surface area contributed by atoms with Gasteiger partial charge < -0.3 is 18.7 Å². The molecule has 27 heavy (non-hydrogen) atoms. The zero-order valence-corrected chi connectivity index (χ0v) is 14.8. The van der Waals surface area contributed by atoms with Crippen molar-refractivity contribution in [1.29, 1.82) is 0 Å². The lowest BCUT2D eigenvalue weighted by molar-refractivity contribution is -0.384. The fourth-order valence-electron chi connectivity index (χ4n) is 2.11. The van der Waals surface area contributed by atoms with Crippen LogP contribution in [0.1, 0.15) is 18.6 Å². The van der Waals surface area contributed by atoms with E-state index in [1.54, 1.807) is 24.3 Å². The Morgan fingerprint density at radius 1 is 1.19 bits per heavy atom. The van der Waals surface area contributed by atoms with Gasteiger partial charge in [0.15, 0.2) is 0 Å². The molecule has 1 aromatic carbocycles. The van der Waals surface area contributed by atoms with Crippen molar-refractivity contribution in [3.8, 4) is 11.3 Å². The van der Waals surface area contributed by atoms with Gasteiger partial charge >= 0.3 is 0 Å². The fraction of sp³-hybridized carbons (Fsp3) is 0.118. The van der Waals surface area contributed by atoms with Gasteiger partial charge in [0.25, 0.3) is 10.9 Å². The Hall–Kier alpha value is -3.40. The van der Waals surface area contributed by atoms with E-state index in [-0.39, 0.29) is 21.6 Å². The van der Waals surface area contributed by atoms with Crippen LogP contribution in [-0.4, -0.2) is 21.1 Å². The number of carboxylic acid groups (broad SMARTS) is 1. The third kappa shape index (κ3) is 4.42. The summed E-state index contributed by atoms with van der Waals surface area (Å²) < 4.78 is 10.9. The molecule has 0 fully saturated rings. The van der Waals surface area contributed by atoms with Crippen LogP contribution < -0.4 is 5.11 Å². The maximum Gasteiger partial charge on any atom is 0.281 e. The van der Waals surface area contributed by atoms with Crippen molar-refractivity contribution < 1.29 is 23.7 Å². The molecule has 0 radical (unpaired) electrons. The number of nitrogens with zero attached hydrogens (tertiary/aromatic N) is 3. The monoisotopic (exact) mass is 386 g/mol. The van der Waals surface area contributed by atoms with Crippen molar-refractivity contribution in [2.75, 3.05) is 0 Å². The first-order chi connectivity index (χ1) is 13.0. The number of aliphatic carboxylic acids is 1. The van der Waals surface area contributed by atoms with Crippen molar-refractivity contribution in [1.82, 2.24) is 10.2 Å². The van der Waals surface area contributed by atoms with Crippen LogP contribution >= 0.6 is 11.8 Å². The number of nitro benzene ring substituents is 1. The predicted octanol–water partition coefficient (Wildman–Crippen LogP) is 2.68. The molecular formula is C17H12N3O6S-. The van der Waals surface area contributed by atoms with Gasteiger partial charge in [-0.15, -0.1) is 10.2 Å². The summed E-state index contributed by atoms with van der Waals surface area (Å²) in [5.41, 5.74) is 0.583. The molecule has 0 saturated carbocycles. The maximum absolute atomic E-state index is 11.4. The number of aryl methyl sites for hydroxylation is 1. The first-order valence-corrected chi connectivity index (χ1v) is 8.56. The van der Waals surface area contributed by atoms with Crippen LogP contribution in [-0.2, 0) is 11.2 Å². The molecule has 3 aromatic rings. The van der Waals surface area contributed by atoms with Crippen LogP contribution in [0.3, 0.4) is 0 Å². The molecule has 9 nitrogen and oxygen atoms in total. The fourth-order valence-corrected chi connectivity index (χ4v) is 2.77. The number of carboxylic acids is 1. The Balaban J connectivity index is 1.82. The first kappa shape index (κ1) is 18.4. The van der Waals surface area contributed by atoms with E-state index in [4.69, 9.17) is 8.83 Å². The van der Waals surface area contributed by atoms with E-state index in [0.717, 1.165) is 11.8 Å². The minimum atomic E-state index is -1.41. The number of nitro groups is 1. The quantitative estimate of drug-likeness (QED) is 0.260. The molecule has 0 aliphatic heterocycles. The molecule has 2 aromatic heterocycles. The summed E-state index contributed by atoms with van der Waals surface area (Å²) in [5.74, 6) is -0.312. The molecule has 3 rings (SSSR count). The molecular weight excluding hydrogens is 374 g/mol. The number of carbonyl (C=O) groups is 1. The molecule has 0 aliphatic carbocycles. The summed E-state index contributed by atoms with van der Waals surface area (Å²) in [7, 11) is 0. The number of thioether (sulfide) groups is 1. The Morgan fingerprint density at radius 3 is 2.52 bits per heavy atom. The van der Waals surface area contributed by atoms with Gasteiger partial charge in [0.2, 0.25) is 5.89 Å². The summed E-state index contributed by atoms with van der Waals surface area (Å²) in [5, 5.41) is 29.7. The molecule has 0 atom stereocenters.